The van der Waals surface area contributed by atoms with Crippen molar-refractivity contribution >= 4 is 0 Å². The SMILES string of the molecule is FC1=C(OCC(F)(F)C(F)F)C(F)(F)C(F)(F)C1. The number of rotatable bonds is 4. The summed E-state index contributed by atoms with van der Waals surface area (Å²) in [6.07, 6.45) is -6.29. The summed E-state index contributed by atoms with van der Waals surface area (Å²) in [6, 6.07) is 0. The van der Waals surface area contributed by atoms with Gasteiger partial charge in [-0.05, 0) is 0 Å². The molecule has 10 heteroatoms. The summed E-state index contributed by atoms with van der Waals surface area (Å²) < 4.78 is 115. The Balaban J connectivity index is 2.83. The average Bonchev–Trinajstić information content (AvgIpc) is 2.29. The van der Waals surface area contributed by atoms with Crippen LogP contribution >= 0.6 is 0 Å². The zero-order valence-electron chi connectivity index (χ0n) is 8.30. The van der Waals surface area contributed by atoms with Crippen LogP contribution in [0, 0.1) is 0 Å². The van der Waals surface area contributed by atoms with Crippen LogP contribution in [0.15, 0.2) is 11.6 Å². The standard InChI is InChI=1S/C8H5F9O/c9-3-1-7(14,15)8(16,17)4(3)18-2-6(12,13)5(10)11/h5H,1-2H2. The van der Waals surface area contributed by atoms with E-state index in [1.54, 1.807) is 0 Å². The van der Waals surface area contributed by atoms with Crippen LogP contribution in [0.5, 0.6) is 0 Å². The second-order valence-corrected chi connectivity index (χ2v) is 3.54. The fourth-order valence-corrected chi connectivity index (χ4v) is 1.12. The Morgan fingerprint density at radius 2 is 1.67 bits per heavy atom. The van der Waals surface area contributed by atoms with Crippen LogP contribution in [0.4, 0.5) is 39.5 Å². The van der Waals surface area contributed by atoms with Crippen LogP contribution in [-0.4, -0.2) is 30.8 Å². The number of halogens is 9. The van der Waals surface area contributed by atoms with E-state index in [9.17, 15) is 39.5 Å². The van der Waals surface area contributed by atoms with Gasteiger partial charge in [-0.3, -0.25) is 0 Å². The van der Waals surface area contributed by atoms with Gasteiger partial charge >= 0.3 is 24.2 Å². The minimum absolute atomic E-state index is 2.03. The molecule has 1 aliphatic carbocycles. The maximum Gasteiger partial charge on any atom is 0.368 e. The molecule has 0 aromatic rings. The van der Waals surface area contributed by atoms with Crippen molar-refractivity contribution in [1.82, 2.24) is 0 Å². The Bertz CT molecular complexity index is 360. The molecular weight excluding hydrogens is 283 g/mol. The van der Waals surface area contributed by atoms with Gasteiger partial charge in [-0.25, -0.2) is 13.2 Å². The van der Waals surface area contributed by atoms with Crippen LogP contribution in [0.3, 0.4) is 0 Å². The molecule has 1 nitrogen and oxygen atoms in total. The molecule has 0 radical (unpaired) electrons. The molecule has 0 amide bonds. The molecule has 1 aliphatic rings. The minimum Gasteiger partial charge on any atom is -0.482 e. The molecule has 0 saturated heterocycles. The molecule has 106 valence electrons. The maximum atomic E-state index is 12.8. The minimum atomic E-state index is -5.14. The predicted molar refractivity (Wildman–Crippen MR) is 39.5 cm³/mol. The predicted octanol–water partition coefficient (Wildman–Crippen LogP) is 3.76. The highest BCUT2D eigenvalue weighted by atomic mass is 19.3. The Hall–Kier alpha value is -1.09. The first kappa shape index (κ1) is 15.0. The Morgan fingerprint density at radius 3 is 2.00 bits per heavy atom. The van der Waals surface area contributed by atoms with Gasteiger partial charge < -0.3 is 4.74 Å². The van der Waals surface area contributed by atoms with Gasteiger partial charge in [0.1, 0.15) is 0 Å². The second-order valence-electron chi connectivity index (χ2n) is 3.54. The van der Waals surface area contributed by atoms with Crippen molar-refractivity contribution in [2.45, 2.75) is 30.6 Å². The van der Waals surface area contributed by atoms with E-state index in [0.29, 0.717) is 0 Å². The van der Waals surface area contributed by atoms with Crippen molar-refractivity contribution in [2.75, 3.05) is 6.61 Å². The van der Waals surface area contributed by atoms with Gasteiger partial charge in [0.05, 0.1) is 6.42 Å². The fourth-order valence-electron chi connectivity index (χ4n) is 1.12. The largest absolute Gasteiger partial charge is 0.482 e. The highest BCUT2D eigenvalue weighted by Gasteiger charge is 2.67. The highest BCUT2D eigenvalue weighted by Crippen LogP contribution is 2.52. The van der Waals surface area contributed by atoms with Crippen LogP contribution in [0.25, 0.3) is 0 Å². The number of hydrogen-bond acceptors (Lipinski definition) is 1. The van der Waals surface area contributed by atoms with Gasteiger partial charge in [-0.2, -0.15) is 26.3 Å². The number of alkyl halides is 8. The van der Waals surface area contributed by atoms with Gasteiger partial charge in [0, 0.05) is 0 Å². The van der Waals surface area contributed by atoms with E-state index >= 15 is 0 Å². The third kappa shape index (κ3) is 2.37. The number of hydrogen-bond donors (Lipinski definition) is 0. The molecule has 0 unspecified atom stereocenters. The maximum absolute atomic E-state index is 12.8. The molecular formula is C8H5F9O. The van der Waals surface area contributed by atoms with Gasteiger partial charge in [-0.15, -0.1) is 0 Å². The van der Waals surface area contributed by atoms with Crippen molar-refractivity contribution in [2.24, 2.45) is 0 Å². The van der Waals surface area contributed by atoms with E-state index in [4.69, 9.17) is 0 Å². The van der Waals surface area contributed by atoms with Gasteiger partial charge in [0.2, 0.25) is 5.76 Å². The first-order valence-corrected chi connectivity index (χ1v) is 4.35. The first-order chi connectivity index (χ1) is 7.92. The number of allylic oxidation sites excluding steroid dienone is 2. The molecule has 0 aromatic heterocycles. The van der Waals surface area contributed by atoms with E-state index in [1.165, 1.54) is 0 Å². The second kappa shape index (κ2) is 4.23. The van der Waals surface area contributed by atoms with Crippen LogP contribution < -0.4 is 0 Å². The lowest BCUT2D eigenvalue weighted by molar-refractivity contribution is -0.205. The summed E-state index contributed by atoms with van der Waals surface area (Å²) >= 11 is 0. The zero-order chi connectivity index (χ0) is 14.4. The molecule has 0 aromatic carbocycles. The lowest BCUT2D eigenvalue weighted by atomic mass is 10.2. The van der Waals surface area contributed by atoms with Gasteiger partial charge in [0.25, 0.3) is 0 Å². The van der Waals surface area contributed by atoms with E-state index in [1.807, 2.05) is 0 Å². The van der Waals surface area contributed by atoms with E-state index < -0.39 is 48.8 Å². The van der Waals surface area contributed by atoms with Crippen LogP contribution in [0.2, 0.25) is 0 Å². The Morgan fingerprint density at radius 1 is 1.17 bits per heavy atom. The third-order valence-corrected chi connectivity index (χ3v) is 2.10. The summed E-state index contributed by atoms with van der Waals surface area (Å²) in [5.41, 5.74) is 0. The summed E-state index contributed by atoms with van der Waals surface area (Å²) in [4.78, 5) is 0. The summed E-state index contributed by atoms with van der Waals surface area (Å²) in [7, 11) is 0. The van der Waals surface area contributed by atoms with Crippen molar-refractivity contribution < 1.29 is 44.3 Å². The van der Waals surface area contributed by atoms with Crippen molar-refractivity contribution in [3.05, 3.63) is 11.6 Å². The smallest absolute Gasteiger partial charge is 0.368 e. The summed E-state index contributed by atoms with van der Waals surface area (Å²) in [5, 5.41) is 0. The molecule has 0 fully saturated rings. The monoisotopic (exact) mass is 288 g/mol. The topological polar surface area (TPSA) is 9.23 Å². The molecule has 0 bridgehead atoms. The normalized spacial score (nSPS) is 22.8. The molecule has 0 aliphatic heterocycles. The lowest BCUT2D eigenvalue weighted by Gasteiger charge is -2.22. The molecule has 18 heavy (non-hydrogen) atoms. The van der Waals surface area contributed by atoms with Crippen molar-refractivity contribution in [3.63, 3.8) is 0 Å². The number of ether oxygens (including phenoxy) is 1. The highest BCUT2D eigenvalue weighted by molar-refractivity contribution is 5.24. The summed E-state index contributed by atoms with van der Waals surface area (Å²) in [6.45, 7) is -2.32. The summed E-state index contributed by atoms with van der Waals surface area (Å²) in [5.74, 6) is -19.3. The molecule has 1 rings (SSSR count). The van der Waals surface area contributed by atoms with E-state index in [-0.39, 0.29) is 0 Å². The quantitative estimate of drug-likeness (QED) is 0.716. The van der Waals surface area contributed by atoms with Gasteiger partial charge in [0.15, 0.2) is 12.4 Å². The van der Waals surface area contributed by atoms with Crippen LogP contribution in [-0.2, 0) is 4.74 Å². The molecule has 0 N–H and O–H groups in total. The van der Waals surface area contributed by atoms with Gasteiger partial charge in [-0.1, -0.05) is 0 Å². The molecule has 0 atom stereocenters. The molecule has 0 spiro atoms. The Kier molecular flexibility index (Phi) is 3.52. The zero-order valence-corrected chi connectivity index (χ0v) is 8.30. The Labute approximate surface area is 94.2 Å². The average molecular weight is 288 g/mol. The van der Waals surface area contributed by atoms with E-state index in [2.05, 4.69) is 4.74 Å². The van der Waals surface area contributed by atoms with Crippen LogP contribution in [0.1, 0.15) is 6.42 Å². The molecule has 0 heterocycles. The lowest BCUT2D eigenvalue weighted by Crippen LogP contribution is -2.40. The van der Waals surface area contributed by atoms with Crippen molar-refractivity contribution in [3.8, 4) is 0 Å². The molecule has 0 saturated carbocycles. The van der Waals surface area contributed by atoms with Crippen molar-refractivity contribution in [1.29, 1.82) is 0 Å². The fraction of sp³-hybridized carbons (Fsp3) is 0.750. The van der Waals surface area contributed by atoms with E-state index in [0.717, 1.165) is 0 Å². The first-order valence-electron chi connectivity index (χ1n) is 4.35. The third-order valence-electron chi connectivity index (χ3n) is 2.10.